The van der Waals surface area contributed by atoms with E-state index < -0.39 is 11.7 Å². The highest BCUT2D eigenvalue weighted by molar-refractivity contribution is 7.13. The fourth-order valence-electron chi connectivity index (χ4n) is 3.22. The first-order valence-electron chi connectivity index (χ1n) is 8.44. The van der Waals surface area contributed by atoms with Gasteiger partial charge >= 0.3 is 6.18 Å². The number of aromatic nitrogens is 1. The van der Waals surface area contributed by atoms with E-state index >= 15 is 0 Å². The largest absolute Gasteiger partial charge is 0.416 e. The third kappa shape index (κ3) is 4.24. The van der Waals surface area contributed by atoms with Crippen molar-refractivity contribution in [1.29, 1.82) is 0 Å². The third-order valence-electron chi connectivity index (χ3n) is 4.46. The van der Waals surface area contributed by atoms with E-state index in [1.807, 2.05) is 11.9 Å². The van der Waals surface area contributed by atoms with Gasteiger partial charge in [0.15, 0.2) is 0 Å². The van der Waals surface area contributed by atoms with Gasteiger partial charge in [-0.05, 0) is 32.0 Å². The molecule has 1 aromatic carbocycles. The van der Waals surface area contributed by atoms with Crippen LogP contribution < -0.4 is 5.32 Å². The normalized spacial score (nSPS) is 17.7. The van der Waals surface area contributed by atoms with Gasteiger partial charge in [0.25, 0.3) is 0 Å². The van der Waals surface area contributed by atoms with Crippen molar-refractivity contribution < 1.29 is 18.0 Å². The van der Waals surface area contributed by atoms with Gasteiger partial charge in [0.1, 0.15) is 5.01 Å². The molecule has 140 valence electrons. The number of carbonyl (C=O) groups excluding carboxylic acids is 1. The van der Waals surface area contributed by atoms with Gasteiger partial charge in [-0.1, -0.05) is 12.1 Å². The molecule has 1 aromatic heterocycles. The van der Waals surface area contributed by atoms with Gasteiger partial charge < -0.3 is 10.2 Å². The Morgan fingerprint density at radius 1 is 1.42 bits per heavy atom. The predicted molar refractivity (Wildman–Crippen MR) is 94.9 cm³/mol. The summed E-state index contributed by atoms with van der Waals surface area (Å²) in [4.78, 5) is 18.8. The number of carbonyl (C=O) groups is 1. The van der Waals surface area contributed by atoms with E-state index in [9.17, 15) is 18.0 Å². The van der Waals surface area contributed by atoms with Crippen LogP contribution in [0.3, 0.4) is 0 Å². The van der Waals surface area contributed by atoms with Gasteiger partial charge in [0.05, 0.1) is 17.7 Å². The zero-order chi connectivity index (χ0) is 18.7. The van der Waals surface area contributed by atoms with Crippen molar-refractivity contribution in [2.24, 2.45) is 0 Å². The van der Waals surface area contributed by atoms with Gasteiger partial charge in [-0.3, -0.25) is 4.79 Å². The second-order valence-electron chi connectivity index (χ2n) is 6.34. The summed E-state index contributed by atoms with van der Waals surface area (Å²) in [6, 6.07) is 5.30. The molecule has 2 heterocycles. The van der Waals surface area contributed by atoms with Crippen molar-refractivity contribution in [2.75, 3.05) is 20.1 Å². The van der Waals surface area contributed by atoms with Crippen molar-refractivity contribution in [1.82, 2.24) is 15.2 Å². The number of likely N-dealkylation sites (N-methyl/N-ethyl adjacent to an activating group) is 1. The van der Waals surface area contributed by atoms with Crippen molar-refractivity contribution in [3.63, 3.8) is 0 Å². The minimum absolute atomic E-state index is 0.0173. The highest BCUT2D eigenvalue weighted by Gasteiger charge is 2.31. The van der Waals surface area contributed by atoms with Gasteiger partial charge in [-0.15, -0.1) is 11.3 Å². The third-order valence-corrected chi connectivity index (χ3v) is 5.40. The minimum Gasteiger partial charge on any atom is -0.338 e. The molecular formula is C18H20F3N3OS. The Bertz CT molecular complexity index is 775. The molecule has 0 aliphatic carbocycles. The van der Waals surface area contributed by atoms with Crippen molar-refractivity contribution in [3.8, 4) is 10.6 Å². The number of halogens is 3. The molecule has 1 unspecified atom stereocenters. The first-order valence-corrected chi connectivity index (χ1v) is 9.32. The van der Waals surface area contributed by atoms with E-state index in [0.717, 1.165) is 38.1 Å². The zero-order valence-electron chi connectivity index (χ0n) is 14.3. The van der Waals surface area contributed by atoms with Crippen molar-refractivity contribution >= 4 is 17.2 Å². The SMILES string of the molecule is CNCC1CCCN1C(=O)Cc1csc(-c2cccc(C(F)(F)F)c2)n1. The summed E-state index contributed by atoms with van der Waals surface area (Å²) in [6.07, 6.45) is -2.23. The lowest BCUT2D eigenvalue weighted by molar-refractivity contribution is -0.137. The first-order chi connectivity index (χ1) is 12.4. The van der Waals surface area contributed by atoms with Crippen LogP contribution in [0.25, 0.3) is 10.6 Å². The predicted octanol–water partition coefficient (Wildman–Crippen LogP) is 3.58. The van der Waals surface area contributed by atoms with Crippen LogP contribution in [0.5, 0.6) is 0 Å². The Morgan fingerprint density at radius 3 is 2.96 bits per heavy atom. The van der Waals surface area contributed by atoms with Crippen LogP contribution in [-0.4, -0.2) is 42.0 Å². The molecule has 0 spiro atoms. The van der Waals surface area contributed by atoms with Crippen LogP contribution >= 0.6 is 11.3 Å². The number of amides is 1. The van der Waals surface area contributed by atoms with Crippen LogP contribution in [-0.2, 0) is 17.4 Å². The van der Waals surface area contributed by atoms with Crippen molar-refractivity contribution in [3.05, 3.63) is 40.9 Å². The number of nitrogens with one attached hydrogen (secondary N) is 1. The number of rotatable bonds is 5. The maximum absolute atomic E-state index is 12.9. The van der Waals surface area contributed by atoms with Gasteiger partial charge in [0.2, 0.25) is 5.91 Å². The Balaban J connectivity index is 1.71. The number of thiazole rings is 1. The lowest BCUT2D eigenvalue weighted by atomic mass is 10.1. The number of nitrogens with zero attached hydrogens (tertiary/aromatic N) is 2. The summed E-state index contributed by atoms with van der Waals surface area (Å²) < 4.78 is 38.6. The second-order valence-corrected chi connectivity index (χ2v) is 7.20. The number of hydrogen-bond acceptors (Lipinski definition) is 4. The smallest absolute Gasteiger partial charge is 0.338 e. The monoisotopic (exact) mass is 383 g/mol. The van der Waals surface area contributed by atoms with Gasteiger partial charge in [0, 0.05) is 30.1 Å². The highest BCUT2D eigenvalue weighted by Crippen LogP contribution is 2.33. The van der Waals surface area contributed by atoms with Crippen LogP contribution in [0, 0.1) is 0 Å². The molecule has 1 atom stereocenters. The average molecular weight is 383 g/mol. The summed E-state index contributed by atoms with van der Waals surface area (Å²) in [5, 5.41) is 5.34. The summed E-state index contributed by atoms with van der Waals surface area (Å²) >= 11 is 1.26. The molecule has 1 fully saturated rings. The molecule has 1 amide bonds. The van der Waals surface area contributed by atoms with Gasteiger partial charge in [-0.2, -0.15) is 13.2 Å². The van der Waals surface area contributed by atoms with E-state index in [1.165, 1.54) is 17.4 Å². The Labute approximate surface area is 154 Å². The first kappa shape index (κ1) is 18.8. The average Bonchev–Trinajstić information content (AvgIpc) is 3.24. The Kier molecular flexibility index (Phi) is 5.62. The van der Waals surface area contributed by atoms with E-state index in [-0.39, 0.29) is 18.4 Å². The lowest BCUT2D eigenvalue weighted by Crippen LogP contribution is -2.41. The Morgan fingerprint density at radius 2 is 2.23 bits per heavy atom. The molecular weight excluding hydrogens is 363 g/mol. The maximum atomic E-state index is 12.9. The number of alkyl halides is 3. The number of hydrogen-bond donors (Lipinski definition) is 1. The molecule has 3 rings (SSSR count). The van der Waals surface area contributed by atoms with E-state index in [4.69, 9.17) is 0 Å². The molecule has 0 radical (unpaired) electrons. The standard InChI is InChI=1S/C18H20F3N3OS/c1-22-10-15-6-3-7-24(15)16(25)9-14-11-26-17(23-14)12-4-2-5-13(8-12)18(19,20)21/h2,4-5,8,11,15,22H,3,6-7,9-10H2,1H3. The molecule has 1 aliphatic rings. The van der Waals surface area contributed by atoms with Gasteiger partial charge in [-0.25, -0.2) is 4.98 Å². The molecule has 8 heteroatoms. The van der Waals surface area contributed by atoms with E-state index in [1.54, 1.807) is 11.4 Å². The number of benzene rings is 1. The molecule has 26 heavy (non-hydrogen) atoms. The summed E-state index contributed by atoms with van der Waals surface area (Å²) in [5.74, 6) is 0.0173. The van der Waals surface area contributed by atoms with Crippen LogP contribution in [0.1, 0.15) is 24.1 Å². The quantitative estimate of drug-likeness (QED) is 0.858. The van der Waals surface area contributed by atoms with E-state index in [0.29, 0.717) is 16.3 Å². The van der Waals surface area contributed by atoms with Crippen LogP contribution in [0.15, 0.2) is 29.6 Å². The molecule has 1 saturated heterocycles. The highest BCUT2D eigenvalue weighted by atomic mass is 32.1. The number of likely N-dealkylation sites (tertiary alicyclic amines) is 1. The zero-order valence-corrected chi connectivity index (χ0v) is 15.2. The van der Waals surface area contributed by atoms with E-state index in [2.05, 4.69) is 10.3 Å². The molecule has 0 bridgehead atoms. The lowest BCUT2D eigenvalue weighted by Gasteiger charge is -2.24. The van der Waals surface area contributed by atoms with Crippen LogP contribution in [0.2, 0.25) is 0 Å². The Hall–Kier alpha value is -1.93. The summed E-state index contributed by atoms with van der Waals surface area (Å²) in [6.45, 7) is 1.51. The van der Waals surface area contributed by atoms with Crippen LogP contribution in [0.4, 0.5) is 13.2 Å². The summed E-state index contributed by atoms with van der Waals surface area (Å²) in [5.41, 5.74) is 0.315. The minimum atomic E-state index is -4.38. The molecule has 1 N–H and O–H groups in total. The summed E-state index contributed by atoms with van der Waals surface area (Å²) in [7, 11) is 1.86. The molecule has 4 nitrogen and oxygen atoms in total. The molecule has 0 saturated carbocycles. The molecule has 1 aliphatic heterocycles. The fourth-order valence-corrected chi connectivity index (χ4v) is 4.03. The fraction of sp³-hybridized carbons (Fsp3) is 0.444. The topological polar surface area (TPSA) is 45.2 Å². The second kappa shape index (κ2) is 7.75. The maximum Gasteiger partial charge on any atom is 0.416 e. The van der Waals surface area contributed by atoms with Crippen molar-refractivity contribution in [2.45, 2.75) is 31.5 Å². The molecule has 2 aromatic rings.